The maximum absolute atomic E-state index is 13.3. The molecule has 1 N–H and O–H groups in total. The molecule has 1 aliphatic heterocycles. The highest BCUT2D eigenvalue weighted by Gasteiger charge is 2.28. The van der Waals surface area contributed by atoms with E-state index >= 15 is 0 Å². The second-order valence-electron chi connectivity index (χ2n) is 8.38. The minimum absolute atomic E-state index is 0.0697. The summed E-state index contributed by atoms with van der Waals surface area (Å²) >= 11 is 0. The molecule has 0 bridgehead atoms. The number of methoxy groups -OCH3 is 1. The van der Waals surface area contributed by atoms with Gasteiger partial charge in [0.15, 0.2) is 11.5 Å². The summed E-state index contributed by atoms with van der Waals surface area (Å²) in [7, 11) is -0.497. The van der Waals surface area contributed by atoms with Crippen molar-refractivity contribution in [2.75, 3.05) is 38.1 Å². The molecule has 3 rings (SSSR count). The number of hydrogen-bond acceptors (Lipinski definition) is 7. The lowest BCUT2D eigenvalue weighted by Gasteiger charge is -2.31. The Kier molecular flexibility index (Phi) is 9.03. The van der Waals surface area contributed by atoms with Crippen LogP contribution < -0.4 is 23.8 Å². The molecule has 2 amide bonds. The second-order valence-corrected chi connectivity index (χ2v) is 10.3. The van der Waals surface area contributed by atoms with E-state index in [1.807, 2.05) is 19.1 Å². The zero-order valence-corrected chi connectivity index (χ0v) is 21.8. The van der Waals surface area contributed by atoms with E-state index in [0.717, 1.165) is 11.8 Å². The lowest BCUT2D eigenvalue weighted by Crippen LogP contribution is -2.48. The molecule has 0 fully saturated rings. The number of anilines is 1. The van der Waals surface area contributed by atoms with E-state index in [4.69, 9.17) is 14.2 Å². The number of sulfonamides is 1. The lowest BCUT2D eigenvalue weighted by atomic mass is 10.1. The van der Waals surface area contributed by atoms with Crippen molar-refractivity contribution in [3.63, 3.8) is 0 Å². The van der Waals surface area contributed by atoms with Crippen LogP contribution >= 0.6 is 0 Å². The van der Waals surface area contributed by atoms with Crippen LogP contribution in [0.15, 0.2) is 42.5 Å². The number of nitrogens with one attached hydrogen (secondary N) is 1. The summed E-state index contributed by atoms with van der Waals surface area (Å²) in [5, 5.41) is 2.63. The summed E-state index contributed by atoms with van der Waals surface area (Å²) in [6, 6.07) is 11.6. The van der Waals surface area contributed by atoms with Gasteiger partial charge in [-0.05, 0) is 42.7 Å². The summed E-state index contributed by atoms with van der Waals surface area (Å²) in [5.41, 5.74) is 1.28. The number of carbonyl (C=O) groups excluding carboxylic acids is 2. The summed E-state index contributed by atoms with van der Waals surface area (Å²) < 4.78 is 42.1. The molecule has 0 aromatic heterocycles. The van der Waals surface area contributed by atoms with E-state index in [1.54, 1.807) is 42.3 Å². The highest BCUT2D eigenvalue weighted by molar-refractivity contribution is 7.92. The minimum atomic E-state index is -3.61. The zero-order valence-electron chi connectivity index (χ0n) is 21.0. The number of likely N-dealkylation sites (N-methyl/N-ethyl adjacent to an activating group) is 1. The van der Waals surface area contributed by atoms with Crippen molar-refractivity contribution >= 4 is 27.5 Å². The maximum Gasteiger partial charge on any atom is 0.242 e. The number of amides is 2. The molecule has 0 saturated carbocycles. The van der Waals surface area contributed by atoms with Gasteiger partial charge in [-0.3, -0.25) is 13.9 Å². The number of hydrogen-bond donors (Lipinski definition) is 1. The van der Waals surface area contributed by atoms with Gasteiger partial charge >= 0.3 is 0 Å². The van der Waals surface area contributed by atoms with Gasteiger partial charge in [0.1, 0.15) is 11.8 Å². The highest BCUT2D eigenvalue weighted by Crippen LogP contribution is 2.36. The fourth-order valence-electron chi connectivity index (χ4n) is 4.06. The first-order chi connectivity index (χ1) is 17.2. The van der Waals surface area contributed by atoms with Gasteiger partial charge in [-0.25, -0.2) is 8.42 Å². The lowest BCUT2D eigenvalue weighted by molar-refractivity contribution is -0.141. The number of carbonyl (C=O) groups is 2. The Morgan fingerprint density at radius 2 is 1.81 bits per heavy atom. The van der Waals surface area contributed by atoms with E-state index < -0.39 is 16.1 Å². The van der Waals surface area contributed by atoms with E-state index in [-0.39, 0.29) is 44.5 Å². The average Bonchev–Trinajstić information content (AvgIpc) is 3.33. The van der Waals surface area contributed by atoms with Crippen LogP contribution in [0.5, 0.6) is 17.2 Å². The van der Waals surface area contributed by atoms with Crippen LogP contribution in [-0.2, 0) is 26.2 Å². The predicted octanol–water partition coefficient (Wildman–Crippen LogP) is 2.52. The maximum atomic E-state index is 13.3. The normalized spacial score (nSPS) is 13.1. The number of rotatable bonds is 12. The molecule has 0 unspecified atom stereocenters. The molecule has 0 aliphatic carbocycles. The third kappa shape index (κ3) is 6.60. The standard InChI is InChI=1S/C25H33N3O7S/c1-5-21(25(30)26-2)27(16-18-8-11-20(33-3)12-9-18)24(29)7-6-14-28(36(4,31)32)19-10-13-22-23(15-19)35-17-34-22/h8-13,15,21H,5-7,14,16-17H2,1-4H3,(H,26,30)/t21-/m0/s1. The molecular formula is C25H33N3O7S. The van der Waals surface area contributed by atoms with Gasteiger partial charge in [0.25, 0.3) is 0 Å². The number of ether oxygens (including phenoxy) is 3. The van der Waals surface area contributed by atoms with Crippen LogP contribution in [-0.4, -0.2) is 64.9 Å². The first-order valence-electron chi connectivity index (χ1n) is 11.7. The molecule has 1 heterocycles. The van der Waals surface area contributed by atoms with Gasteiger partial charge in [0.2, 0.25) is 28.6 Å². The molecule has 10 nitrogen and oxygen atoms in total. The fraction of sp³-hybridized carbons (Fsp3) is 0.440. The van der Waals surface area contributed by atoms with Gasteiger partial charge in [0.05, 0.1) is 19.1 Å². The van der Waals surface area contributed by atoms with Gasteiger partial charge < -0.3 is 24.4 Å². The Bertz CT molecular complexity index is 1170. The second kappa shape index (κ2) is 12.0. The van der Waals surface area contributed by atoms with Crippen molar-refractivity contribution in [3.8, 4) is 17.2 Å². The largest absolute Gasteiger partial charge is 0.497 e. The fourth-order valence-corrected chi connectivity index (χ4v) is 5.02. The predicted molar refractivity (Wildman–Crippen MR) is 136 cm³/mol. The van der Waals surface area contributed by atoms with Gasteiger partial charge in [0, 0.05) is 32.6 Å². The Labute approximate surface area is 212 Å². The Hall–Kier alpha value is -3.47. The van der Waals surface area contributed by atoms with Crippen LogP contribution in [0.25, 0.3) is 0 Å². The average molecular weight is 520 g/mol. The Morgan fingerprint density at radius 1 is 1.11 bits per heavy atom. The first-order valence-corrected chi connectivity index (χ1v) is 13.5. The molecule has 1 aliphatic rings. The number of benzene rings is 2. The van der Waals surface area contributed by atoms with Crippen LogP contribution in [0.1, 0.15) is 31.7 Å². The van der Waals surface area contributed by atoms with Crippen molar-refractivity contribution in [1.29, 1.82) is 0 Å². The number of fused-ring (bicyclic) bond motifs is 1. The summed E-state index contributed by atoms with van der Waals surface area (Å²) in [5.74, 6) is 1.23. The van der Waals surface area contributed by atoms with E-state index in [2.05, 4.69) is 5.32 Å². The van der Waals surface area contributed by atoms with Crippen molar-refractivity contribution in [2.24, 2.45) is 0 Å². The summed E-state index contributed by atoms with van der Waals surface area (Å²) in [6.07, 6.45) is 1.90. The molecular weight excluding hydrogens is 486 g/mol. The molecule has 0 saturated heterocycles. The monoisotopic (exact) mass is 519 g/mol. The Balaban J connectivity index is 1.74. The van der Waals surface area contributed by atoms with Crippen molar-refractivity contribution < 1.29 is 32.2 Å². The molecule has 0 radical (unpaired) electrons. The van der Waals surface area contributed by atoms with E-state index in [0.29, 0.717) is 29.4 Å². The van der Waals surface area contributed by atoms with Gasteiger partial charge in [-0.1, -0.05) is 19.1 Å². The van der Waals surface area contributed by atoms with Crippen molar-refractivity contribution in [3.05, 3.63) is 48.0 Å². The molecule has 36 heavy (non-hydrogen) atoms. The van der Waals surface area contributed by atoms with Crippen molar-refractivity contribution in [2.45, 2.75) is 38.8 Å². The van der Waals surface area contributed by atoms with Crippen molar-refractivity contribution in [1.82, 2.24) is 10.2 Å². The molecule has 2 aromatic rings. The number of nitrogens with zero attached hydrogens (tertiary/aromatic N) is 2. The highest BCUT2D eigenvalue weighted by atomic mass is 32.2. The van der Waals surface area contributed by atoms with E-state index in [1.165, 1.54) is 11.4 Å². The van der Waals surface area contributed by atoms with Crippen LogP contribution in [0.3, 0.4) is 0 Å². The third-order valence-corrected chi connectivity index (χ3v) is 7.13. The topological polar surface area (TPSA) is 114 Å². The zero-order chi connectivity index (χ0) is 26.3. The van der Waals surface area contributed by atoms with Gasteiger partial charge in [-0.15, -0.1) is 0 Å². The van der Waals surface area contributed by atoms with Gasteiger partial charge in [-0.2, -0.15) is 0 Å². The quantitative estimate of drug-likeness (QED) is 0.458. The van der Waals surface area contributed by atoms with Crippen LogP contribution in [0, 0.1) is 0 Å². The van der Waals surface area contributed by atoms with Crippen LogP contribution in [0.4, 0.5) is 5.69 Å². The SMILES string of the molecule is CC[C@@H](C(=O)NC)N(Cc1ccc(OC)cc1)C(=O)CCCN(c1ccc2c(c1)OCO2)S(C)(=O)=O. The van der Waals surface area contributed by atoms with E-state index in [9.17, 15) is 18.0 Å². The molecule has 1 atom stereocenters. The molecule has 11 heteroatoms. The molecule has 2 aromatic carbocycles. The van der Waals surface area contributed by atoms with Crippen LogP contribution in [0.2, 0.25) is 0 Å². The smallest absolute Gasteiger partial charge is 0.242 e. The minimum Gasteiger partial charge on any atom is -0.497 e. The molecule has 196 valence electrons. The summed E-state index contributed by atoms with van der Waals surface area (Å²) in [6.45, 7) is 2.27. The Morgan fingerprint density at radius 3 is 2.42 bits per heavy atom. The summed E-state index contributed by atoms with van der Waals surface area (Å²) in [4.78, 5) is 27.4. The third-order valence-electron chi connectivity index (χ3n) is 5.94. The molecule has 0 spiro atoms. The first kappa shape index (κ1) is 27.1.